The molecular weight excluding hydrogens is 239 g/mol. The zero-order chi connectivity index (χ0) is 8.72. The van der Waals surface area contributed by atoms with Crippen molar-refractivity contribution in [2.24, 2.45) is 7.05 Å². The average molecular weight is 246 g/mol. The lowest BCUT2D eigenvalue weighted by Gasteiger charge is -1.96. The van der Waals surface area contributed by atoms with Gasteiger partial charge in [0.2, 0.25) is 0 Å². The maximum absolute atomic E-state index is 5.81. The fourth-order valence-corrected chi connectivity index (χ4v) is 1.70. The monoisotopic (exact) mass is 244 g/mol. The lowest BCUT2D eigenvalue weighted by atomic mass is 10.4. The summed E-state index contributed by atoms with van der Waals surface area (Å²) < 4.78 is 3.00. The first-order chi connectivity index (χ1) is 5.68. The molecule has 0 atom stereocenters. The maximum atomic E-state index is 5.81. The SMILES string of the molecule is Cn1c(Br)cc2ncc(Cl)cc21. The second-order valence-electron chi connectivity index (χ2n) is 2.58. The standard InChI is InChI=1S/C8H6BrClN2/c1-12-7-2-5(10)4-11-6(7)3-8(12)9/h2-4H,1H3. The van der Waals surface area contributed by atoms with Crippen LogP contribution in [0.1, 0.15) is 0 Å². The van der Waals surface area contributed by atoms with Gasteiger partial charge in [0, 0.05) is 13.2 Å². The summed E-state index contributed by atoms with van der Waals surface area (Å²) in [5.41, 5.74) is 1.99. The molecule has 2 heterocycles. The summed E-state index contributed by atoms with van der Waals surface area (Å²) in [6.07, 6.45) is 1.65. The molecule has 0 saturated carbocycles. The van der Waals surface area contributed by atoms with E-state index in [0.717, 1.165) is 15.6 Å². The molecule has 0 radical (unpaired) electrons. The molecule has 2 aromatic heterocycles. The highest BCUT2D eigenvalue weighted by molar-refractivity contribution is 9.10. The molecule has 0 N–H and O–H groups in total. The van der Waals surface area contributed by atoms with Gasteiger partial charge in [0.1, 0.15) is 0 Å². The van der Waals surface area contributed by atoms with Crippen LogP contribution in [0.5, 0.6) is 0 Å². The van der Waals surface area contributed by atoms with E-state index < -0.39 is 0 Å². The molecule has 0 fully saturated rings. The fourth-order valence-electron chi connectivity index (χ4n) is 1.14. The minimum Gasteiger partial charge on any atom is -0.337 e. The van der Waals surface area contributed by atoms with E-state index in [2.05, 4.69) is 20.9 Å². The van der Waals surface area contributed by atoms with Crippen molar-refractivity contribution in [2.45, 2.75) is 0 Å². The minimum atomic E-state index is 0.663. The van der Waals surface area contributed by atoms with Crippen molar-refractivity contribution in [1.29, 1.82) is 0 Å². The van der Waals surface area contributed by atoms with Gasteiger partial charge in [0.15, 0.2) is 0 Å². The molecule has 0 spiro atoms. The number of nitrogens with zero attached hydrogens (tertiary/aromatic N) is 2. The van der Waals surface area contributed by atoms with Gasteiger partial charge in [0.05, 0.1) is 20.7 Å². The van der Waals surface area contributed by atoms with Crippen LogP contribution in [-0.2, 0) is 7.05 Å². The van der Waals surface area contributed by atoms with Crippen LogP contribution in [0.2, 0.25) is 5.02 Å². The third-order valence-corrected chi connectivity index (χ3v) is 2.77. The lowest BCUT2D eigenvalue weighted by Crippen LogP contribution is -1.86. The van der Waals surface area contributed by atoms with E-state index >= 15 is 0 Å². The zero-order valence-corrected chi connectivity index (χ0v) is 8.72. The third-order valence-electron chi connectivity index (χ3n) is 1.80. The number of halogens is 2. The Morgan fingerprint density at radius 3 is 3.00 bits per heavy atom. The van der Waals surface area contributed by atoms with Crippen LogP contribution >= 0.6 is 27.5 Å². The predicted octanol–water partition coefficient (Wildman–Crippen LogP) is 2.99. The quantitative estimate of drug-likeness (QED) is 0.698. The summed E-state index contributed by atoms with van der Waals surface area (Å²) >= 11 is 9.22. The fraction of sp³-hybridized carbons (Fsp3) is 0.125. The Bertz CT molecular complexity index is 436. The second-order valence-corrected chi connectivity index (χ2v) is 3.83. The number of aromatic nitrogens is 2. The van der Waals surface area contributed by atoms with Crippen molar-refractivity contribution in [3.8, 4) is 0 Å². The first-order valence-electron chi connectivity index (χ1n) is 3.45. The van der Waals surface area contributed by atoms with Gasteiger partial charge in [0.25, 0.3) is 0 Å². The van der Waals surface area contributed by atoms with Gasteiger partial charge in [-0.3, -0.25) is 4.98 Å². The van der Waals surface area contributed by atoms with Crippen molar-refractivity contribution in [2.75, 3.05) is 0 Å². The van der Waals surface area contributed by atoms with Gasteiger partial charge < -0.3 is 4.57 Å². The van der Waals surface area contributed by atoms with E-state index in [1.54, 1.807) is 6.20 Å². The molecule has 62 valence electrons. The Kier molecular flexibility index (Phi) is 1.85. The number of hydrogen-bond donors (Lipinski definition) is 0. The van der Waals surface area contributed by atoms with Gasteiger partial charge >= 0.3 is 0 Å². The van der Waals surface area contributed by atoms with E-state index in [0.29, 0.717) is 5.02 Å². The Morgan fingerprint density at radius 1 is 1.50 bits per heavy atom. The second kappa shape index (κ2) is 2.75. The lowest BCUT2D eigenvalue weighted by molar-refractivity contribution is 0.940. The van der Waals surface area contributed by atoms with Crippen LogP contribution < -0.4 is 0 Å². The zero-order valence-electron chi connectivity index (χ0n) is 6.38. The molecule has 0 amide bonds. The van der Waals surface area contributed by atoms with Crippen molar-refractivity contribution in [3.05, 3.63) is 28.0 Å². The number of aryl methyl sites for hydroxylation is 1. The predicted molar refractivity (Wildman–Crippen MR) is 53.4 cm³/mol. The van der Waals surface area contributed by atoms with Crippen molar-refractivity contribution in [1.82, 2.24) is 9.55 Å². The largest absolute Gasteiger partial charge is 0.337 e. The highest BCUT2D eigenvalue weighted by Gasteiger charge is 2.03. The molecule has 0 unspecified atom stereocenters. The van der Waals surface area contributed by atoms with E-state index in [1.165, 1.54) is 0 Å². The Balaban J connectivity index is 2.88. The maximum Gasteiger partial charge on any atom is 0.0893 e. The molecule has 0 aliphatic carbocycles. The molecule has 12 heavy (non-hydrogen) atoms. The van der Waals surface area contributed by atoms with Crippen molar-refractivity contribution in [3.63, 3.8) is 0 Å². The topological polar surface area (TPSA) is 17.8 Å². The van der Waals surface area contributed by atoms with Gasteiger partial charge in [-0.15, -0.1) is 0 Å². The Labute approximate surface area is 83.3 Å². The first kappa shape index (κ1) is 8.08. The summed E-state index contributed by atoms with van der Waals surface area (Å²) in [4.78, 5) is 4.18. The van der Waals surface area contributed by atoms with Crippen LogP contribution in [0.4, 0.5) is 0 Å². The summed E-state index contributed by atoms with van der Waals surface area (Å²) in [7, 11) is 1.96. The normalized spacial score (nSPS) is 10.9. The summed E-state index contributed by atoms with van der Waals surface area (Å²) in [5.74, 6) is 0. The molecule has 4 heteroatoms. The number of rotatable bonds is 0. The third kappa shape index (κ3) is 1.13. The van der Waals surface area contributed by atoms with Crippen LogP contribution in [0.25, 0.3) is 11.0 Å². The van der Waals surface area contributed by atoms with E-state index in [-0.39, 0.29) is 0 Å². The average Bonchev–Trinajstić information content (AvgIpc) is 2.31. The Morgan fingerprint density at radius 2 is 2.25 bits per heavy atom. The molecule has 0 aliphatic heterocycles. The van der Waals surface area contributed by atoms with Crippen LogP contribution in [0.15, 0.2) is 22.9 Å². The van der Waals surface area contributed by atoms with Gasteiger partial charge in [-0.05, 0) is 28.1 Å². The highest BCUT2D eigenvalue weighted by Crippen LogP contribution is 2.22. The van der Waals surface area contributed by atoms with E-state index in [4.69, 9.17) is 11.6 Å². The van der Waals surface area contributed by atoms with Gasteiger partial charge in [-0.25, -0.2) is 0 Å². The van der Waals surface area contributed by atoms with Gasteiger partial charge in [-0.1, -0.05) is 11.6 Å². The molecule has 0 aliphatic rings. The number of hydrogen-bond acceptors (Lipinski definition) is 1. The molecular formula is C8H6BrClN2. The van der Waals surface area contributed by atoms with Crippen LogP contribution in [0, 0.1) is 0 Å². The molecule has 0 aromatic carbocycles. The molecule has 2 nitrogen and oxygen atoms in total. The summed E-state index contributed by atoms with van der Waals surface area (Å²) in [6.45, 7) is 0. The Hall–Kier alpha value is -0.540. The summed E-state index contributed by atoms with van der Waals surface area (Å²) in [5, 5.41) is 0.663. The summed E-state index contributed by atoms with van der Waals surface area (Å²) in [6, 6.07) is 3.86. The van der Waals surface area contributed by atoms with E-state index in [1.807, 2.05) is 23.7 Å². The molecule has 0 bridgehead atoms. The van der Waals surface area contributed by atoms with E-state index in [9.17, 15) is 0 Å². The first-order valence-corrected chi connectivity index (χ1v) is 4.62. The number of pyridine rings is 1. The molecule has 0 saturated heterocycles. The molecule has 2 aromatic rings. The number of fused-ring (bicyclic) bond motifs is 1. The van der Waals surface area contributed by atoms with Crippen LogP contribution in [-0.4, -0.2) is 9.55 Å². The van der Waals surface area contributed by atoms with Gasteiger partial charge in [-0.2, -0.15) is 0 Å². The van der Waals surface area contributed by atoms with Crippen LogP contribution in [0.3, 0.4) is 0 Å². The van der Waals surface area contributed by atoms with Crippen molar-refractivity contribution < 1.29 is 0 Å². The minimum absolute atomic E-state index is 0.663. The highest BCUT2D eigenvalue weighted by atomic mass is 79.9. The molecule has 2 rings (SSSR count). The smallest absolute Gasteiger partial charge is 0.0893 e. The van der Waals surface area contributed by atoms with Crippen molar-refractivity contribution >= 4 is 38.6 Å².